The SMILES string of the molecule is CC[C@H](C)Cc1c(C)sc2nc(COC(=O)c3n[nH]c4ccccc34)[nH]c(=O)c12. The third-order valence-electron chi connectivity index (χ3n) is 5.16. The molecule has 8 heteroatoms. The first-order valence-electron chi connectivity index (χ1n) is 9.59. The molecule has 1 aromatic carbocycles. The highest BCUT2D eigenvalue weighted by atomic mass is 32.1. The van der Waals surface area contributed by atoms with Crippen LogP contribution >= 0.6 is 11.3 Å². The van der Waals surface area contributed by atoms with Crippen LogP contribution in [0.25, 0.3) is 21.1 Å². The van der Waals surface area contributed by atoms with Gasteiger partial charge in [0.05, 0.1) is 10.9 Å². The van der Waals surface area contributed by atoms with E-state index in [0.29, 0.717) is 27.3 Å². The fourth-order valence-corrected chi connectivity index (χ4v) is 4.42. The molecule has 3 aromatic heterocycles. The molecule has 0 unspecified atom stereocenters. The predicted octanol–water partition coefficient (Wildman–Crippen LogP) is 4.11. The molecule has 0 saturated heterocycles. The summed E-state index contributed by atoms with van der Waals surface area (Å²) in [5, 5.41) is 8.19. The molecule has 0 radical (unpaired) electrons. The number of aromatic nitrogens is 4. The molecular weight excluding hydrogens is 388 g/mol. The van der Waals surface area contributed by atoms with Gasteiger partial charge >= 0.3 is 5.97 Å². The fourth-order valence-electron chi connectivity index (χ4n) is 3.35. The van der Waals surface area contributed by atoms with Gasteiger partial charge in [0.2, 0.25) is 0 Å². The molecule has 4 rings (SSSR count). The van der Waals surface area contributed by atoms with E-state index in [4.69, 9.17) is 4.74 Å². The summed E-state index contributed by atoms with van der Waals surface area (Å²) in [5.74, 6) is 0.257. The number of nitrogens with one attached hydrogen (secondary N) is 2. The van der Waals surface area contributed by atoms with Gasteiger partial charge in [0, 0.05) is 10.3 Å². The topological polar surface area (TPSA) is 101 Å². The number of esters is 1. The number of hydrogen-bond donors (Lipinski definition) is 2. The Morgan fingerprint density at radius 1 is 1.31 bits per heavy atom. The first-order valence-corrected chi connectivity index (χ1v) is 10.4. The molecule has 29 heavy (non-hydrogen) atoms. The van der Waals surface area contributed by atoms with Crippen molar-refractivity contribution in [3.05, 3.63) is 56.6 Å². The molecule has 150 valence electrons. The zero-order valence-electron chi connectivity index (χ0n) is 16.5. The van der Waals surface area contributed by atoms with Crippen molar-refractivity contribution in [2.75, 3.05) is 0 Å². The Labute approximate surface area is 171 Å². The monoisotopic (exact) mass is 410 g/mol. The van der Waals surface area contributed by atoms with Crippen molar-refractivity contribution in [1.29, 1.82) is 0 Å². The van der Waals surface area contributed by atoms with Gasteiger partial charge in [-0.2, -0.15) is 5.10 Å². The number of fused-ring (bicyclic) bond motifs is 2. The van der Waals surface area contributed by atoms with Gasteiger partial charge in [0.15, 0.2) is 5.69 Å². The lowest BCUT2D eigenvalue weighted by atomic mass is 9.98. The Morgan fingerprint density at radius 2 is 2.10 bits per heavy atom. The summed E-state index contributed by atoms with van der Waals surface area (Å²) < 4.78 is 5.35. The normalized spacial score (nSPS) is 12.5. The van der Waals surface area contributed by atoms with Crippen LogP contribution < -0.4 is 5.56 Å². The van der Waals surface area contributed by atoms with Crippen LogP contribution in [0.4, 0.5) is 0 Å². The van der Waals surface area contributed by atoms with E-state index < -0.39 is 5.97 Å². The average molecular weight is 410 g/mol. The summed E-state index contributed by atoms with van der Waals surface area (Å²) in [6.45, 7) is 6.22. The van der Waals surface area contributed by atoms with Crippen molar-refractivity contribution in [2.45, 2.75) is 40.2 Å². The first kappa shape index (κ1) is 19.3. The molecule has 0 bridgehead atoms. The zero-order valence-corrected chi connectivity index (χ0v) is 17.4. The van der Waals surface area contributed by atoms with Crippen LogP contribution in [0.3, 0.4) is 0 Å². The summed E-state index contributed by atoms with van der Waals surface area (Å²) in [5.41, 5.74) is 1.86. The van der Waals surface area contributed by atoms with Crippen molar-refractivity contribution in [3.63, 3.8) is 0 Å². The number of ether oxygens (including phenoxy) is 1. The second-order valence-electron chi connectivity index (χ2n) is 7.24. The second kappa shape index (κ2) is 7.79. The number of aromatic amines is 2. The average Bonchev–Trinajstić information content (AvgIpc) is 3.27. The number of aryl methyl sites for hydroxylation is 1. The molecule has 2 N–H and O–H groups in total. The molecule has 0 aliphatic carbocycles. The van der Waals surface area contributed by atoms with Crippen LogP contribution in [-0.4, -0.2) is 26.1 Å². The number of carbonyl (C=O) groups is 1. The minimum atomic E-state index is -0.565. The molecule has 0 aliphatic rings. The van der Waals surface area contributed by atoms with Crippen LogP contribution in [-0.2, 0) is 17.8 Å². The summed E-state index contributed by atoms with van der Waals surface area (Å²) in [4.78, 5) is 34.2. The van der Waals surface area contributed by atoms with Crippen LogP contribution in [0, 0.1) is 12.8 Å². The standard InChI is InChI=1S/C21H22N4O3S/c1-4-11(2)9-14-12(3)29-20-17(14)19(26)22-16(23-20)10-28-21(27)18-13-7-5-6-8-15(13)24-25-18/h5-8,11H,4,9-10H2,1-3H3,(H,24,25)(H,22,23,26)/t11-/m0/s1. The Hall–Kier alpha value is -3.00. The van der Waals surface area contributed by atoms with E-state index in [-0.39, 0.29) is 17.9 Å². The molecule has 0 saturated carbocycles. The van der Waals surface area contributed by atoms with E-state index >= 15 is 0 Å². The zero-order chi connectivity index (χ0) is 20.5. The molecule has 0 aliphatic heterocycles. The van der Waals surface area contributed by atoms with Crippen LogP contribution in [0.15, 0.2) is 29.1 Å². The lowest BCUT2D eigenvalue weighted by Crippen LogP contribution is -2.15. The maximum absolute atomic E-state index is 12.7. The molecule has 3 heterocycles. The smallest absolute Gasteiger partial charge is 0.359 e. The van der Waals surface area contributed by atoms with Crippen molar-refractivity contribution < 1.29 is 9.53 Å². The predicted molar refractivity (Wildman–Crippen MR) is 113 cm³/mol. The van der Waals surface area contributed by atoms with Gasteiger partial charge in [-0.15, -0.1) is 11.3 Å². The van der Waals surface area contributed by atoms with Crippen molar-refractivity contribution >= 4 is 38.4 Å². The van der Waals surface area contributed by atoms with Gasteiger partial charge in [0.25, 0.3) is 5.56 Å². The van der Waals surface area contributed by atoms with E-state index in [2.05, 4.69) is 34.0 Å². The number of hydrogen-bond acceptors (Lipinski definition) is 6. The highest BCUT2D eigenvalue weighted by Gasteiger charge is 2.19. The van der Waals surface area contributed by atoms with Gasteiger partial charge in [-0.05, 0) is 30.9 Å². The highest BCUT2D eigenvalue weighted by molar-refractivity contribution is 7.18. The van der Waals surface area contributed by atoms with Gasteiger partial charge in [-0.25, -0.2) is 9.78 Å². The molecule has 1 atom stereocenters. The maximum Gasteiger partial charge on any atom is 0.359 e. The van der Waals surface area contributed by atoms with E-state index in [1.165, 1.54) is 11.3 Å². The number of benzene rings is 1. The Morgan fingerprint density at radius 3 is 2.90 bits per heavy atom. The quantitative estimate of drug-likeness (QED) is 0.466. The number of rotatable bonds is 6. The third-order valence-corrected chi connectivity index (χ3v) is 6.21. The highest BCUT2D eigenvalue weighted by Crippen LogP contribution is 2.29. The van der Waals surface area contributed by atoms with Crippen LogP contribution in [0.1, 0.15) is 47.0 Å². The van der Waals surface area contributed by atoms with Gasteiger partial charge < -0.3 is 9.72 Å². The molecule has 0 amide bonds. The van der Waals surface area contributed by atoms with Gasteiger partial charge in [0.1, 0.15) is 17.3 Å². The largest absolute Gasteiger partial charge is 0.453 e. The summed E-state index contributed by atoms with van der Waals surface area (Å²) >= 11 is 1.50. The minimum Gasteiger partial charge on any atom is -0.453 e. The van der Waals surface area contributed by atoms with Crippen LogP contribution in [0.2, 0.25) is 0 Å². The second-order valence-corrected chi connectivity index (χ2v) is 8.44. The lowest BCUT2D eigenvalue weighted by Gasteiger charge is -2.08. The molecule has 7 nitrogen and oxygen atoms in total. The first-order chi connectivity index (χ1) is 14.0. The number of nitrogens with zero attached hydrogens (tertiary/aromatic N) is 2. The molecule has 4 aromatic rings. The fraction of sp³-hybridized carbons (Fsp3) is 0.333. The number of para-hydroxylation sites is 1. The Balaban J connectivity index is 1.57. The van der Waals surface area contributed by atoms with E-state index in [1.807, 2.05) is 25.1 Å². The van der Waals surface area contributed by atoms with Gasteiger partial charge in [-0.3, -0.25) is 9.89 Å². The summed E-state index contributed by atoms with van der Waals surface area (Å²) in [6.07, 6.45) is 1.91. The number of thiophene rings is 1. The minimum absolute atomic E-state index is 0.122. The van der Waals surface area contributed by atoms with E-state index in [9.17, 15) is 9.59 Å². The Bertz CT molecular complexity index is 1250. The maximum atomic E-state index is 12.7. The summed E-state index contributed by atoms with van der Waals surface area (Å²) in [7, 11) is 0. The van der Waals surface area contributed by atoms with Crippen molar-refractivity contribution in [2.24, 2.45) is 5.92 Å². The van der Waals surface area contributed by atoms with Gasteiger partial charge in [-0.1, -0.05) is 38.5 Å². The van der Waals surface area contributed by atoms with E-state index in [0.717, 1.165) is 28.8 Å². The van der Waals surface area contributed by atoms with E-state index in [1.54, 1.807) is 6.07 Å². The summed E-state index contributed by atoms with van der Waals surface area (Å²) in [6, 6.07) is 7.33. The molecular formula is C21H22N4O3S. The number of H-pyrrole nitrogens is 2. The Kier molecular flexibility index (Phi) is 5.19. The lowest BCUT2D eigenvalue weighted by molar-refractivity contribution is 0.0457. The third kappa shape index (κ3) is 3.67. The van der Waals surface area contributed by atoms with Crippen LogP contribution in [0.5, 0.6) is 0 Å². The molecule has 0 spiro atoms. The number of carbonyl (C=O) groups excluding carboxylic acids is 1. The van der Waals surface area contributed by atoms with Crippen molar-refractivity contribution in [1.82, 2.24) is 20.2 Å². The van der Waals surface area contributed by atoms with Crippen molar-refractivity contribution in [3.8, 4) is 0 Å². The molecule has 0 fully saturated rings.